The van der Waals surface area contributed by atoms with Crippen LogP contribution in [0.4, 0.5) is 8.78 Å². The Morgan fingerprint density at radius 1 is 1.19 bits per heavy atom. The molecular weight excluding hydrogens is 382 g/mol. The van der Waals surface area contributed by atoms with Crippen molar-refractivity contribution in [2.45, 2.75) is 24.5 Å². The fourth-order valence-electron chi connectivity index (χ4n) is 2.36. The van der Waals surface area contributed by atoms with E-state index in [4.69, 9.17) is 9.88 Å². The second kappa shape index (κ2) is 8.31. The van der Waals surface area contributed by atoms with Crippen LogP contribution in [0.2, 0.25) is 0 Å². The molecule has 0 heterocycles. The van der Waals surface area contributed by atoms with Crippen molar-refractivity contribution in [2.24, 2.45) is 5.14 Å². The largest absolute Gasteiger partial charge is 0.496 e. The Labute approximate surface area is 155 Å². The molecule has 1 atom stereocenters. The van der Waals surface area contributed by atoms with E-state index in [1.165, 1.54) is 37.4 Å². The minimum absolute atomic E-state index is 0.0316. The number of rotatable bonds is 7. The molecule has 1 amide bonds. The number of primary sulfonamides is 1. The maximum absolute atomic E-state index is 12.6. The zero-order valence-corrected chi connectivity index (χ0v) is 15.3. The van der Waals surface area contributed by atoms with Crippen LogP contribution in [0.5, 0.6) is 11.5 Å². The molecule has 0 aliphatic carbocycles. The van der Waals surface area contributed by atoms with Gasteiger partial charge in [0.1, 0.15) is 11.5 Å². The van der Waals surface area contributed by atoms with Crippen molar-refractivity contribution in [3.8, 4) is 11.5 Å². The van der Waals surface area contributed by atoms with E-state index < -0.39 is 28.6 Å². The molecule has 0 radical (unpaired) electrons. The second-order valence-electron chi connectivity index (χ2n) is 5.55. The van der Waals surface area contributed by atoms with Gasteiger partial charge in [-0.05, 0) is 42.8 Å². The van der Waals surface area contributed by atoms with Crippen molar-refractivity contribution in [3.63, 3.8) is 0 Å². The highest BCUT2D eigenvalue weighted by atomic mass is 32.2. The first-order valence-corrected chi connectivity index (χ1v) is 9.23. The third kappa shape index (κ3) is 5.38. The Morgan fingerprint density at radius 3 is 2.48 bits per heavy atom. The summed E-state index contributed by atoms with van der Waals surface area (Å²) in [4.78, 5) is 12.3. The normalized spacial score (nSPS) is 12.5. The summed E-state index contributed by atoms with van der Waals surface area (Å²) in [6.07, 6.45) is 0. The smallest absolute Gasteiger partial charge is 0.387 e. The number of benzene rings is 2. The number of carbonyl (C=O) groups excluding carboxylic acids is 1. The first-order chi connectivity index (χ1) is 12.6. The summed E-state index contributed by atoms with van der Waals surface area (Å²) < 4.78 is 57.1. The monoisotopic (exact) mass is 400 g/mol. The molecule has 2 rings (SSSR count). The molecule has 0 fully saturated rings. The van der Waals surface area contributed by atoms with Gasteiger partial charge in [0.15, 0.2) is 0 Å². The first kappa shape index (κ1) is 20.6. The van der Waals surface area contributed by atoms with Crippen LogP contribution < -0.4 is 19.9 Å². The van der Waals surface area contributed by atoms with Crippen LogP contribution in [0.25, 0.3) is 0 Å². The molecule has 0 saturated carbocycles. The summed E-state index contributed by atoms with van der Waals surface area (Å²) in [6.45, 7) is -1.33. The summed E-state index contributed by atoms with van der Waals surface area (Å²) >= 11 is 0. The van der Waals surface area contributed by atoms with E-state index in [0.29, 0.717) is 5.56 Å². The van der Waals surface area contributed by atoms with Gasteiger partial charge in [-0.25, -0.2) is 13.6 Å². The molecule has 2 aromatic rings. The molecule has 7 nitrogen and oxygen atoms in total. The zero-order chi connectivity index (χ0) is 20.2. The van der Waals surface area contributed by atoms with E-state index in [0.717, 1.165) is 6.07 Å². The molecule has 2 aromatic carbocycles. The SMILES string of the molecule is COc1ccc(S(N)(=O)=O)cc1C(=O)NC(C)c1cccc(OC(F)F)c1. The van der Waals surface area contributed by atoms with E-state index >= 15 is 0 Å². The number of methoxy groups -OCH3 is 1. The third-order valence-corrected chi connectivity index (χ3v) is 4.59. The summed E-state index contributed by atoms with van der Waals surface area (Å²) in [6, 6.07) is 8.93. The standard InChI is InChI=1S/C17H18F2N2O5S/c1-10(11-4-3-5-12(8-11)26-17(18)19)21-16(22)14-9-13(27(20,23)24)6-7-15(14)25-2/h3-10,17H,1-2H3,(H,21,22)(H2,20,23,24). The number of amides is 1. The fraction of sp³-hybridized carbons (Fsp3) is 0.235. The molecule has 10 heteroatoms. The second-order valence-corrected chi connectivity index (χ2v) is 7.11. The van der Waals surface area contributed by atoms with Gasteiger partial charge >= 0.3 is 6.61 Å². The number of hydrogen-bond donors (Lipinski definition) is 2. The van der Waals surface area contributed by atoms with Crippen molar-refractivity contribution in [1.29, 1.82) is 0 Å². The Bertz CT molecular complexity index is 935. The first-order valence-electron chi connectivity index (χ1n) is 7.68. The molecule has 1 unspecified atom stereocenters. The van der Waals surface area contributed by atoms with Crippen LogP contribution in [0.3, 0.4) is 0 Å². The average Bonchev–Trinajstić information content (AvgIpc) is 2.59. The van der Waals surface area contributed by atoms with Crippen LogP contribution in [0.15, 0.2) is 47.4 Å². The lowest BCUT2D eigenvalue weighted by molar-refractivity contribution is -0.0499. The van der Waals surface area contributed by atoms with Crippen molar-refractivity contribution in [2.75, 3.05) is 7.11 Å². The summed E-state index contributed by atoms with van der Waals surface area (Å²) in [7, 11) is -2.67. The zero-order valence-electron chi connectivity index (χ0n) is 14.5. The number of sulfonamides is 1. The van der Waals surface area contributed by atoms with Crippen LogP contribution in [-0.4, -0.2) is 28.0 Å². The van der Waals surface area contributed by atoms with Gasteiger partial charge in [0.05, 0.1) is 23.6 Å². The van der Waals surface area contributed by atoms with E-state index in [1.54, 1.807) is 13.0 Å². The number of halogens is 2. The van der Waals surface area contributed by atoms with Crippen LogP contribution in [0, 0.1) is 0 Å². The van der Waals surface area contributed by atoms with E-state index in [2.05, 4.69) is 10.1 Å². The number of hydrogen-bond acceptors (Lipinski definition) is 5. The molecule has 3 N–H and O–H groups in total. The Morgan fingerprint density at radius 2 is 1.89 bits per heavy atom. The van der Waals surface area contributed by atoms with Gasteiger partial charge in [-0.3, -0.25) is 4.79 Å². The maximum Gasteiger partial charge on any atom is 0.387 e. The minimum Gasteiger partial charge on any atom is -0.496 e. The van der Waals surface area contributed by atoms with Gasteiger partial charge in [-0.2, -0.15) is 8.78 Å². The lowest BCUT2D eigenvalue weighted by atomic mass is 10.1. The predicted octanol–water partition coefficient (Wildman–Crippen LogP) is 2.44. The van der Waals surface area contributed by atoms with Gasteiger partial charge in [-0.1, -0.05) is 12.1 Å². The molecular formula is C17H18F2N2O5S. The highest BCUT2D eigenvalue weighted by molar-refractivity contribution is 7.89. The molecule has 146 valence electrons. The molecule has 27 heavy (non-hydrogen) atoms. The molecule has 0 saturated heterocycles. The Hall–Kier alpha value is -2.72. The predicted molar refractivity (Wildman–Crippen MR) is 93.3 cm³/mol. The summed E-state index contributed by atoms with van der Waals surface area (Å²) in [5.74, 6) is -0.510. The van der Waals surface area contributed by atoms with E-state index in [-0.39, 0.29) is 22.0 Å². The topological polar surface area (TPSA) is 108 Å². The van der Waals surface area contributed by atoms with Gasteiger partial charge in [-0.15, -0.1) is 0 Å². The van der Waals surface area contributed by atoms with Crippen molar-refractivity contribution < 1.29 is 31.5 Å². The van der Waals surface area contributed by atoms with Crippen LogP contribution in [0.1, 0.15) is 28.9 Å². The Kier molecular flexibility index (Phi) is 6.34. The van der Waals surface area contributed by atoms with Gasteiger partial charge in [0, 0.05) is 0 Å². The molecule has 0 spiro atoms. The quantitative estimate of drug-likeness (QED) is 0.742. The van der Waals surface area contributed by atoms with Crippen molar-refractivity contribution in [1.82, 2.24) is 5.32 Å². The van der Waals surface area contributed by atoms with Crippen molar-refractivity contribution >= 4 is 15.9 Å². The van der Waals surface area contributed by atoms with Crippen molar-refractivity contribution in [3.05, 3.63) is 53.6 Å². The summed E-state index contributed by atoms with van der Waals surface area (Å²) in [5.41, 5.74) is 0.485. The third-order valence-electron chi connectivity index (χ3n) is 3.67. The highest BCUT2D eigenvalue weighted by Crippen LogP contribution is 2.24. The molecule has 0 aliphatic rings. The molecule has 0 aliphatic heterocycles. The average molecular weight is 400 g/mol. The maximum atomic E-state index is 12.6. The van der Waals surface area contributed by atoms with Gasteiger partial charge in [0.25, 0.3) is 5.91 Å². The minimum atomic E-state index is -4.00. The number of ether oxygens (including phenoxy) is 2. The highest BCUT2D eigenvalue weighted by Gasteiger charge is 2.19. The van der Waals surface area contributed by atoms with Gasteiger partial charge < -0.3 is 14.8 Å². The number of nitrogens with two attached hydrogens (primary N) is 1. The lowest BCUT2D eigenvalue weighted by Gasteiger charge is -2.17. The van der Waals surface area contributed by atoms with Crippen LogP contribution in [-0.2, 0) is 10.0 Å². The number of alkyl halides is 2. The molecule has 0 aromatic heterocycles. The summed E-state index contributed by atoms with van der Waals surface area (Å²) in [5, 5.41) is 7.74. The van der Waals surface area contributed by atoms with Gasteiger partial charge in [0.2, 0.25) is 10.0 Å². The lowest BCUT2D eigenvalue weighted by Crippen LogP contribution is -2.27. The van der Waals surface area contributed by atoms with E-state index in [9.17, 15) is 22.0 Å². The fourth-order valence-corrected chi connectivity index (χ4v) is 2.90. The molecule has 0 bridgehead atoms. The number of carbonyl (C=O) groups is 1. The number of nitrogens with one attached hydrogen (secondary N) is 1. The van der Waals surface area contributed by atoms with E-state index in [1.807, 2.05) is 0 Å². The Balaban J connectivity index is 2.26. The van der Waals surface area contributed by atoms with Crippen LogP contribution >= 0.6 is 0 Å².